The molecule has 1 N–H and O–H groups in total. The van der Waals surface area contributed by atoms with Gasteiger partial charge in [0, 0.05) is 47.0 Å². The molecule has 1 aliphatic rings. The summed E-state index contributed by atoms with van der Waals surface area (Å²) < 4.78 is 4.81. The summed E-state index contributed by atoms with van der Waals surface area (Å²) in [6, 6.07) is 30.3. The van der Waals surface area contributed by atoms with Crippen LogP contribution in [-0.2, 0) is 11.3 Å². The van der Waals surface area contributed by atoms with Crippen LogP contribution in [-0.4, -0.2) is 47.1 Å². The van der Waals surface area contributed by atoms with Gasteiger partial charge in [0.1, 0.15) is 12.1 Å². The van der Waals surface area contributed by atoms with E-state index in [9.17, 15) is 4.79 Å². The van der Waals surface area contributed by atoms with Crippen LogP contribution in [0.25, 0.3) is 10.9 Å². The lowest BCUT2D eigenvalue weighted by atomic mass is 9.85. The van der Waals surface area contributed by atoms with Crippen LogP contribution in [0.3, 0.4) is 0 Å². The van der Waals surface area contributed by atoms with Crippen molar-refractivity contribution in [2.75, 3.05) is 25.5 Å². The lowest BCUT2D eigenvalue weighted by Gasteiger charge is -2.21. The normalized spacial score (nSPS) is 15.3. The highest BCUT2D eigenvalue weighted by Gasteiger charge is 2.24. The zero-order chi connectivity index (χ0) is 29.1. The molecule has 0 amide bonds. The second kappa shape index (κ2) is 12.5. The zero-order valence-corrected chi connectivity index (χ0v) is 24.6. The van der Waals surface area contributed by atoms with Crippen molar-refractivity contribution in [3.05, 3.63) is 135 Å². The molecule has 5 aromatic rings. The maximum absolute atomic E-state index is 11.7. The molecular formula is C34H30Cl2N4O2. The number of ether oxygens (including phenoxy) is 1. The average molecular weight is 598 g/mol. The van der Waals surface area contributed by atoms with Gasteiger partial charge in [-0.15, -0.1) is 0 Å². The van der Waals surface area contributed by atoms with Crippen LogP contribution in [0.1, 0.15) is 45.0 Å². The first-order valence-corrected chi connectivity index (χ1v) is 14.6. The number of rotatable bonds is 8. The van der Waals surface area contributed by atoms with Crippen molar-refractivity contribution in [3.8, 4) is 0 Å². The molecule has 1 unspecified atom stereocenters. The Morgan fingerprint density at radius 3 is 2.19 bits per heavy atom. The number of nitrogens with zero attached hydrogens (tertiary/aromatic N) is 3. The van der Waals surface area contributed by atoms with Crippen LogP contribution in [0, 0.1) is 0 Å². The number of fused-ring (bicyclic) bond motifs is 1. The van der Waals surface area contributed by atoms with E-state index in [0.29, 0.717) is 15.6 Å². The summed E-state index contributed by atoms with van der Waals surface area (Å²) in [6.07, 6.45) is 2.62. The third-order valence-corrected chi connectivity index (χ3v) is 8.30. The SMILES string of the molecule is COC(=O)c1ccc(CN2CCC(Nc3ncnc4ccc(C(c5ccc(Cl)cc5)c5ccc(Cl)cc5)cc34)C2)cc1. The second-order valence-corrected chi connectivity index (χ2v) is 11.5. The molecule has 4 aromatic carbocycles. The van der Waals surface area contributed by atoms with Gasteiger partial charge >= 0.3 is 5.97 Å². The highest BCUT2D eigenvalue weighted by molar-refractivity contribution is 6.30. The topological polar surface area (TPSA) is 67.3 Å². The summed E-state index contributed by atoms with van der Waals surface area (Å²) >= 11 is 12.5. The number of carbonyl (C=O) groups excluding carboxylic acids is 1. The van der Waals surface area contributed by atoms with E-state index >= 15 is 0 Å². The number of esters is 1. The number of carbonyl (C=O) groups is 1. The highest BCUT2D eigenvalue weighted by Crippen LogP contribution is 2.35. The minimum atomic E-state index is -0.320. The zero-order valence-electron chi connectivity index (χ0n) is 23.1. The van der Waals surface area contributed by atoms with Gasteiger partial charge in [0.05, 0.1) is 18.2 Å². The van der Waals surface area contributed by atoms with E-state index in [1.165, 1.54) is 7.11 Å². The van der Waals surface area contributed by atoms with Crippen LogP contribution >= 0.6 is 23.2 Å². The van der Waals surface area contributed by atoms with E-state index < -0.39 is 0 Å². The first kappa shape index (κ1) is 28.2. The van der Waals surface area contributed by atoms with Crippen LogP contribution in [0.5, 0.6) is 0 Å². The van der Waals surface area contributed by atoms with Crippen molar-refractivity contribution in [2.45, 2.75) is 24.9 Å². The van der Waals surface area contributed by atoms with Gasteiger partial charge in [0.25, 0.3) is 0 Å². The van der Waals surface area contributed by atoms with Crippen molar-refractivity contribution in [3.63, 3.8) is 0 Å². The third kappa shape index (κ3) is 6.26. The molecule has 1 atom stereocenters. The van der Waals surface area contributed by atoms with Crippen LogP contribution < -0.4 is 5.32 Å². The summed E-state index contributed by atoms with van der Waals surface area (Å²) in [5.74, 6) is 0.506. The Morgan fingerprint density at radius 1 is 0.905 bits per heavy atom. The van der Waals surface area contributed by atoms with Gasteiger partial charge in [-0.25, -0.2) is 14.8 Å². The molecular weight excluding hydrogens is 567 g/mol. The first-order valence-electron chi connectivity index (χ1n) is 13.9. The largest absolute Gasteiger partial charge is 0.465 e. The van der Waals surface area contributed by atoms with E-state index in [2.05, 4.69) is 62.6 Å². The molecule has 1 fully saturated rings. The van der Waals surface area contributed by atoms with E-state index in [1.54, 1.807) is 6.33 Å². The Morgan fingerprint density at radius 2 is 1.55 bits per heavy atom. The quantitative estimate of drug-likeness (QED) is 0.147. The van der Waals surface area contributed by atoms with E-state index in [0.717, 1.165) is 65.0 Å². The summed E-state index contributed by atoms with van der Waals surface area (Å²) in [5, 5.41) is 6.10. The fourth-order valence-electron chi connectivity index (χ4n) is 5.67. The molecule has 0 saturated carbocycles. The minimum absolute atomic E-state index is 0.00969. The lowest BCUT2D eigenvalue weighted by molar-refractivity contribution is 0.0600. The smallest absolute Gasteiger partial charge is 0.337 e. The molecule has 1 aromatic heterocycles. The molecule has 2 heterocycles. The van der Waals surface area contributed by atoms with Gasteiger partial charge in [-0.05, 0) is 77.2 Å². The molecule has 42 heavy (non-hydrogen) atoms. The van der Waals surface area contributed by atoms with Gasteiger partial charge < -0.3 is 10.1 Å². The second-order valence-electron chi connectivity index (χ2n) is 10.6. The molecule has 0 aliphatic carbocycles. The average Bonchev–Trinajstić information content (AvgIpc) is 3.46. The first-order chi connectivity index (χ1) is 20.5. The monoisotopic (exact) mass is 596 g/mol. The Hall–Kier alpha value is -3.97. The lowest BCUT2D eigenvalue weighted by Crippen LogP contribution is -2.26. The Bertz CT molecular complexity index is 1650. The number of benzene rings is 4. The van der Waals surface area contributed by atoms with E-state index in [1.807, 2.05) is 48.5 Å². The highest BCUT2D eigenvalue weighted by atomic mass is 35.5. The van der Waals surface area contributed by atoms with Crippen molar-refractivity contribution in [2.24, 2.45) is 0 Å². The molecule has 1 saturated heterocycles. The number of anilines is 1. The van der Waals surface area contributed by atoms with Gasteiger partial charge in [0.2, 0.25) is 0 Å². The molecule has 8 heteroatoms. The van der Waals surface area contributed by atoms with Crippen LogP contribution in [0.4, 0.5) is 5.82 Å². The van der Waals surface area contributed by atoms with Gasteiger partial charge in [-0.1, -0.05) is 65.7 Å². The molecule has 6 rings (SSSR count). The van der Waals surface area contributed by atoms with Gasteiger partial charge in [-0.2, -0.15) is 0 Å². The molecule has 212 valence electrons. The summed E-state index contributed by atoms with van der Waals surface area (Å²) in [6.45, 7) is 2.68. The van der Waals surface area contributed by atoms with Crippen molar-refractivity contribution < 1.29 is 9.53 Å². The molecule has 0 spiro atoms. The summed E-state index contributed by atoms with van der Waals surface area (Å²) in [5.41, 5.74) is 6.02. The molecule has 0 radical (unpaired) electrons. The number of nitrogens with one attached hydrogen (secondary N) is 1. The number of aromatic nitrogens is 2. The number of halogens is 2. The Labute approximate surface area is 255 Å². The van der Waals surface area contributed by atoms with Crippen molar-refractivity contribution in [1.29, 1.82) is 0 Å². The summed E-state index contributed by atoms with van der Waals surface area (Å²) in [7, 11) is 1.40. The predicted molar refractivity (Wildman–Crippen MR) is 168 cm³/mol. The molecule has 6 nitrogen and oxygen atoms in total. The van der Waals surface area contributed by atoms with Gasteiger partial charge in [-0.3, -0.25) is 4.90 Å². The standard InChI is InChI=1S/C34H30Cl2N4O2/c1-42-34(41)25-4-2-22(3-5-25)19-40-17-16-29(20-40)39-33-30-18-26(10-15-31(30)37-21-38-33)32(23-6-11-27(35)12-7-23)24-8-13-28(36)14-9-24/h2-15,18,21,29,32H,16-17,19-20H2,1H3,(H,37,38,39). The number of hydrogen-bond acceptors (Lipinski definition) is 6. The maximum Gasteiger partial charge on any atom is 0.337 e. The number of hydrogen-bond donors (Lipinski definition) is 1. The Kier molecular flexibility index (Phi) is 8.38. The molecule has 0 bridgehead atoms. The number of methoxy groups -OCH3 is 1. The maximum atomic E-state index is 11.7. The van der Waals surface area contributed by atoms with E-state index in [-0.39, 0.29) is 17.9 Å². The Balaban J connectivity index is 1.23. The fourth-order valence-corrected chi connectivity index (χ4v) is 5.92. The van der Waals surface area contributed by atoms with E-state index in [4.69, 9.17) is 27.9 Å². The molecule has 1 aliphatic heterocycles. The summed E-state index contributed by atoms with van der Waals surface area (Å²) in [4.78, 5) is 23.4. The van der Waals surface area contributed by atoms with Crippen LogP contribution in [0.2, 0.25) is 10.0 Å². The third-order valence-electron chi connectivity index (χ3n) is 7.79. The van der Waals surface area contributed by atoms with Gasteiger partial charge in [0.15, 0.2) is 0 Å². The van der Waals surface area contributed by atoms with Crippen molar-refractivity contribution >= 4 is 45.9 Å². The predicted octanol–water partition coefficient (Wildman–Crippen LogP) is 7.59. The minimum Gasteiger partial charge on any atom is -0.465 e. The fraction of sp³-hybridized carbons (Fsp3) is 0.206. The van der Waals surface area contributed by atoms with Crippen molar-refractivity contribution in [1.82, 2.24) is 14.9 Å². The number of likely N-dealkylation sites (tertiary alicyclic amines) is 1. The van der Waals surface area contributed by atoms with Crippen LogP contribution in [0.15, 0.2) is 97.3 Å².